The van der Waals surface area contributed by atoms with E-state index in [0.29, 0.717) is 0 Å². The second-order valence-electron chi connectivity index (χ2n) is 7.84. The summed E-state index contributed by atoms with van der Waals surface area (Å²) < 4.78 is 5.34. The Kier molecular flexibility index (Phi) is 5.38. The third-order valence-corrected chi connectivity index (χ3v) is 6.54. The number of ether oxygens (including phenoxy) is 1. The van der Waals surface area contributed by atoms with Crippen LogP contribution in [0.4, 0.5) is 0 Å². The molecule has 0 bridgehead atoms. The maximum absolute atomic E-state index is 11.6. The molecule has 2 saturated heterocycles. The van der Waals surface area contributed by atoms with Gasteiger partial charge in [-0.15, -0.1) is 0 Å². The van der Waals surface area contributed by atoms with E-state index in [-0.39, 0.29) is 11.5 Å². The van der Waals surface area contributed by atoms with Gasteiger partial charge in [-0.05, 0) is 62.2 Å². The Morgan fingerprint density at radius 2 is 1.71 bits per heavy atom. The van der Waals surface area contributed by atoms with Crippen LogP contribution in [-0.2, 0) is 10.2 Å². The number of piperidine rings is 1. The highest BCUT2D eigenvalue weighted by Gasteiger charge is 2.43. The molecule has 2 aromatic carbocycles. The Hall–Kier alpha value is -2.37. The predicted octanol–water partition coefficient (Wildman–Crippen LogP) is 2.89. The van der Waals surface area contributed by atoms with Gasteiger partial charge in [0.2, 0.25) is 0 Å². The fourth-order valence-electron chi connectivity index (χ4n) is 4.98. The molecule has 2 heterocycles. The number of hydrogen-bond donors (Lipinski definition) is 2. The average molecular weight is 380 g/mol. The van der Waals surface area contributed by atoms with Crippen LogP contribution in [0.25, 0.3) is 0 Å². The Labute approximate surface area is 166 Å². The van der Waals surface area contributed by atoms with E-state index in [2.05, 4.69) is 52.7 Å². The molecule has 2 atom stereocenters. The largest absolute Gasteiger partial charge is 0.497 e. The van der Waals surface area contributed by atoms with Crippen LogP contribution in [0, 0.1) is 0 Å². The summed E-state index contributed by atoms with van der Waals surface area (Å²) in [4.78, 5) is 14.0. The van der Waals surface area contributed by atoms with Gasteiger partial charge in [-0.25, -0.2) is 0 Å². The first-order valence-corrected chi connectivity index (χ1v) is 10.0. The average Bonchev–Trinajstić information content (AvgIpc) is 3.25. The molecule has 0 radical (unpaired) electrons. The van der Waals surface area contributed by atoms with Crippen molar-refractivity contribution in [3.05, 3.63) is 65.7 Å². The van der Waals surface area contributed by atoms with Gasteiger partial charge >= 0.3 is 5.97 Å². The van der Waals surface area contributed by atoms with E-state index in [0.717, 1.165) is 44.6 Å². The maximum atomic E-state index is 11.6. The molecule has 5 heteroatoms. The number of methoxy groups -OCH3 is 1. The summed E-state index contributed by atoms with van der Waals surface area (Å²) >= 11 is 0. The van der Waals surface area contributed by atoms with Crippen LogP contribution in [0.1, 0.15) is 30.4 Å². The van der Waals surface area contributed by atoms with Gasteiger partial charge in [0.15, 0.2) is 0 Å². The van der Waals surface area contributed by atoms with Crippen molar-refractivity contribution in [1.82, 2.24) is 10.2 Å². The van der Waals surface area contributed by atoms with E-state index < -0.39 is 12.0 Å². The summed E-state index contributed by atoms with van der Waals surface area (Å²) in [6.07, 6.45) is 2.86. The lowest BCUT2D eigenvalue weighted by molar-refractivity contribution is -0.140. The third kappa shape index (κ3) is 3.40. The summed E-state index contributed by atoms with van der Waals surface area (Å²) in [6, 6.07) is 18.8. The first-order chi connectivity index (χ1) is 13.6. The molecule has 2 aliphatic rings. The van der Waals surface area contributed by atoms with Crippen LogP contribution in [0.2, 0.25) is 0 Å². The van der Waals surface area contributed by atoms with E-state index in [1.165, 1.54) is 11.1 Å². The number of aliphatic carboxylic acids is 1. The molecular weight excluding hydrogens is 352 g/mol. The van der Waals surface area contributed by atoms with Gasteiger partial charge < -0.3 is 15.2 Å². The lowest BCUT2D eigenvalue weighted by atomic mass is 9.68. The molecule has 2 fully saturated rings. The molecule has 0 aliphatic carbocycles. The van der Waals surface area contributed by atoms with Crippen LogP contribution >= 0.6 is 0 Å². The number of nitrogens with one attached hydrogen (secondary N) is 1. The number of hydrogen-bond acceptors (Lipinski definition) is 4. The minimum atomic E-state index is -0.738. The Morgan fingerprint density at radius 3 is 2.32 bits per heavy atom. The zero-order chi connectivity index (χ0) is 19.6. The number of likely N-dealkylation sites (tertiary alicyclic amines) is 1. The van der Waals surface area contributed by atoms with E-state index in [4.69, 9.17) is 4.74 Å². The van der Waals surface area contributed by atoms with Gasteiger partial charge in [-0.2, -0.15) is 0 Å². The van der Waals surface area contributed by atoms with Gasteiger partial charge in [0, 0.05) is 11.5 Å². The molecule has 0 spiro atoms. The van der Waals surface area contributed by atoms with Crippen molar-refractivity contribution in [3.63, 3.8) is 0 Å². The molecule has 0 amide bonds. The van der Waals surface area contributed by atoms with Crippen LogP contribution in [0.15, 0.2) is 54.6 Å². The monoisotopic (exact) mass is 380 g/mol. The number of carboxylic acids is 1. The molecule has 4 rings (SSSR count). The minimum absolute atomic E-state index is 0.0468. The zero-order valence-corrected chi connectivity index (χ0v) is 16.3. The van der Waals surface area contributed by atoms with Crippen molar-refractivity contribution in [2.75, 3.05) is 26.7 Å². The fourth-order valence-corrected chi connectivity index (χ4v) is 4.98. The van der Waals surface area contributed by atoms with Gasteiger partial charge in [-0.3, -0.25) is 9.69 Å². The Balaban J connectivity index is 1.61. The molecule has 2 aromatic rings. The van der Waals surface area contributed by atoms with Crippen LogP contribution in [0.5, 0.6) is 5.75 Å². The van der Waals surface area contributed by atoms with Crippen molar-refractivity contribution in [3.8, 4) is 5.75 Å². The van der Waals surface area contributed by atoms with Gasteiger partial charge in [-0.1, -0.05) is 42.5 Å². The first kappa shape index (κ1) is 19.0. The summed E-state index contributed by atoms with van der Waals surface area (Å²) in [5, 5.41) is 12.7. The molecule has 5 nitrogen and oxygen atoms in total. The van der Waals surface area contributed by atoms with Gasteiger partial charge in [0.25, 0.3) is 0 Å². The highest BCUT2D eigenvalue weighted by molar-refractivity contribution is 5.75. The van der Waals surface area contributed by atoms with Crippen LogP contribution < -0.4 is 10.1 Å². The normalized spacial score (nSPS) is 24.8. The molecule has 2 aliphatic heterocycles. The molecule has 0 aromatic heterocycles. The predicted molar refractivity (Wildman–Crippen MR) is 109 cm³/mol. The quantitative estimate of drug-likeness (QED) is 0.835. The van der Waals surface area contributed by atoms with Crippen LogP contribution in [0.3, 0.4) is 0 Å². The lowest BCUT2D eigenvalue weighted by Gasteiger charge is -2.45. The van der Waals surface area contributed by atoms with Gasteiger partial charge in [0.1, 0.15) is 11.8 Å². The zero-order valence-electron chi connectivity index (χ0n) is 16.3. The van der Waals surface area contributed by atoms with E-state index in [9.17, 15) is 9.90 Å². The summed E-state index contributed by atoms with van der Waals surface area (Å²) in [6.45, 7) is 2.58. The molecule has 2 N–H and O–H groups in total. The van der Waals surface area contributed by atoms with Crippen LogP contribution in [-0.4, -0.2) is 54.8 Å². The molecule has 1 unspecified atom stereocenters. The molecule has 28 heavy (non-hydrogen) atoms. The summed E-state index contributed by atoms with van der Waals surface area (Å²) in [7, 11) is 1.69. The molecular formula is C23H28N2O3. The number of rotatable bonds is 5. The minimum Gasteiger partial charge on any atom is -0.497 e. The standard InChI is InChI=1S/C23H28N2O3/c1-28-19-9-7-18(8-10-19)23(17-5-3-2-4-6-17)12-15-25(16-13-23)20-11-14-24-21(20)22(26)27/h2-10,20-21,24H,11-16H2,1H3,(H,26,27)/t20?,21-/m0/s1. The number of nitrogens with zero attached hydrogens (tertiary/aromatic N) is 1. The highest BCUT2D eigenvalue weighted by Crippen LogP contribution is 2.43. The Morgan fingerprint density at radius 1 is 1.07 bits per heavy atom. The summed E-state index contributed by atoms with van der Waals surface area (Å²) in [5.74, 6) is 0.128. The van der Waals surface area contributed by atoms with E-state index in [1.54, 1.807) is 7.11 Å². The van der Waals surface area contributed by atoms with Crippen molar-refractivity contribution in [1.29, 1.82) is 0 Å². The van der Waals surface area contributed by atoms with E-state index in [1.807, 2.05) is 12.1 Å². The van der Waals surface area contributed by atoms with Crippen molar-refractivity contribution < 1.29 is 14.6 Å². The van der Waals surface area contributed by atoms with Crippen molar-refractivity contribution >= 4 is 5.97 Å². The van der Waals surface area contributed by atoms with Gasteiger partial charge in [0.05, 0.1) is 7.11 Å². The van der Waals surface area contributed by atoms with Crippen molar-refractivity contribution in [2.24, 2.45) is 0 Å². The SMILES string of the molecule is COc1ccc(C2(c3ccccc3)CCN(C3CCN[C@@H]3C(=O)O)CC2)cc1. The fraction of sp³-hybridized carbons (Fsp3) is 0.435. The number of carboxylic acid groups (broad SMARTS) is 1. The highest BCUT2D eigenvalue weighted by atomic mass is 16.5. The number of carbonyl (C=O) groups is 1. The molecule has 0 saturated carbocycles. The number of benzene rings is 2. The smallest absolute Gasteiger partial charge is 0.322 e. The van der Waals surface area contributed by atoms with Crippen molar-refractivity contribution in [2.45, 2.75) is 36.8 Å². The second-order valence-corrected chi connectivity index (χ2v) is 7.84. The second kappa shape index (κ2) is 7.94. The topological polar surface area (TPSA) is 61.8 Å². The lowest BCUT2D eigenvalue weighted by Crippen LogP contribution is -2.53. The summed E-state index contributed by atoms with van der Waals surface area (Å²) in [5.41, 5.74) is 2.59. The first-order valence-electron chi connectivity index (χ1n) is 10.0. The van der Waals surface area contributed by atoms with E-state index >= 15 is 0 Å². The third-order valence-electron chi connectivity index (χ3n) is 6.54. The Bertz CT molecular complexity index is 798. The molecule has 148 valence electrons. The maximum Gasteiger partial charge on any atom is 0.322 e.